The number of hydrogen-bond acceptors (Lipinski definition) is 6. The predicted octanol–water partition coefficient (Wildman–Crippen LogP) is 3.32. The second-order valence-electron chi connectivity index (χ2n) is 6.74. The number of methoxy groups -OCH3 is 1. The molecule has 0 bridgehead atoms. The Balaban J connectivity index is 1.71. The fraction of sp³-hybridized carbons (Fsp3) is 0.300. The van der Waals surface area contributed by atoms with Crippen LogP contribution in [0.2, 0.25) is 0 Å². The average Bonchev–Trinajstić information content (AvgIpc) is 2.69. The molecule has 2 N–H and O–H groups in total. The maximum atomic E-state index is 12.9. The Morgan fingerprint density at radius 3 is 2.59 bits per heavy atom. The minimum atomic E-state index is -3.74. The molecule has 29 heavy (non-hydrogen) atoms. The molecule has 9 heteroatoms. The molecule has 1 aliphatic heterocycles. The van der Waals surface area contributed by atoms with Crippen molar-refractivity contribution < 1.29 is 22.7 Å². The molecule has 0 radical (unpaired) electrons. The van der Waals surface area contributed by atoms with Crippen molar-refractivity contribution in [3.05, 3.63) is 42.5 Å². The van der Waals surface area contributed by atoms with Crippen molar-refractivity contribution in [2.75, 3.05) is 17.7 Å². The SMILES string of the molecule is COc1ccc(NC(=O)C[C@@H](C)S(=O)(=O)c2ccc3c(c2)NC(=O)[C@@H](C)S3)cc1. The lowest BCUT2D eigenvalue weighted by molar-refractivity contribution is -0.116. The van der Waals surface area contributed by atoms with E-state index in [1.54, 1.807) is 44.4 Å². The molecular formula is C20H22N2O5S2. The van der Waals surface area contributed by atoms with Gasteiger partial charge in [-0.05, 0) is 56.3 Å². The second-order valence-corrected chi connectivity index (χ2v) is 10.5. The Kier molecular flexibility index (Phi) is 6.18. The van der Waals surface area contributed by atoms with E-state index in [2.05, 4.69) is 10.6 Å². The first-order chi connectivity index (χ1) is 13.7. The summed E-state index contributed by atoms with van der Waals surface area (Å²) in [6, 6.07) is 11.4. The molecule has 2 aromatic rings. The minimum absolute atomic E-state index is 0.0800. The number of benzene rings is 2. The van der Waals surface area contributed by atoms with E-state index in [-0.39, 0.29) is 22.5 Å². The number of thioether (sulfide) groups is 1. The van der Waals surface area contributed by atoms with E-state index in [9.17, 15) is 18.0 Å². The Morgan fingerprint density at radius 2 is 1.93 bits per heavy atom. The first-order valence-corrected chi connectivity index (χ1v) is 11.4. The summed E-state index contributed by atoms with van der Waals surface area (Å²) in [5.41, 5.74) is 1.04. The maximum absolute atomic E-state index is 12.9. The van der Waals surface area contributed by atoms with Gasteiger partial charge >= 0.3 is 0 Å². The van der Waals surface area contributed by atoms with E-state index in [1.807, 2.05) is 0 Å². The van der Waals surface area contributed by atoms with Crippen LogP contribution in [0.25, 0.3) is 0 Å². The molecule has 2 atom stereocenters. The smallest absolute Gasteiger partial charge is 0.237 e. The molecule has 0 fully saturated rings. The number of carbonyl (C=O) groups excluding carboxylic acids is 2. The molecule has 2 amide bonds. The summed E-state index contributed by atoms with van der Waals surface area (Å²) in [6.45, 7) is 3.29. The van der Waals surface area contributed by atoms with Gasteiger partial charge in [-0.1, -0.05) is 0 Å². The van der Waals surface area contributed by atoms with Crippen LogP contribution in [0, 0.1) is 0 Å². The van der Waals surface area contributed by atoms with Gasteiger partial charge in [-0.25, -0.2) is 8.42 Å². The Morgan fingerprint density at radius 1 is 1.24 bits per heavy atom. The van der Waals surface area contributed by atoms with Crippen molar-refractivity contribution in [3.63, 3.8) is 0 Å². The van der Waals surface area contributed by atoms with E-state index in [1.165, 1.54) is 30.8 Å². The molecule has 0 aromatic heterocycles. The highest BCUT2D eigenvalue weighted by Crippen LogP contribution is 2.37. The number of rotatable bonds is 6. The third kappa shape index (κ3) is 4.73. The average molecular weight is 435 g/mol. The maximum Gasteiger partial charge on any atom is 0.237 e. The predicted molar refractivity (Wildman–Crippen MR) is 113 cm³/mol. The largest absolute Gasteiger partial charge is 0.497 e. The summed E-state index contributed by atoms with van der Waals surface area (Å²) < 4.78 is 30.9. The normalized spacial score (nSPS) is 17.1. The standard InChI is InChI=1S/C20H22N2O5S2/c1-12(10-19(23)21-14-4-6-15(27-3)7-5-14)29(25,26)16-8-9-18-17(11-16)22-20(24)13(2)28-18/h4-9,11-13H,10H2,1-3H3,(H,21,23)(H,22,24)/t12-,13-/m1/s1. The molecule has 0 saturated carbocycles. The van der Waals surface area contributed by atoms with Gasteiger partial charge in [-0.15, -0.1) is 11.8 Å². The fourth-order valence-corrected chi connectivity index (χ4v) is 5.16. The number of carbonyl (C=O) groups is 2. The number of sulfone groups is 1. The molecule has 0 unspecified atom stereocenters. The van der Waals surface area contributed by atoms with Crippen molar-refractivity contribution >= 4 is 44.8 Å². The van der Waals surface area contributed by atoms with Gasteiger partial charge in [0.15, 0.2) is 9.84 Å². The van der Waals surface area contributed by atoms with E-state index in [0.717, 1.165) is 4.90 Å². The van der Waals surface area contributed by atoms with Gasteiger partial charge in [-0.3, -0.25) is 9.59 Å². The van der Waals surface area contributed by atoms with Crippen molar-refractivity contribution in [2.45, 2.75) is 40.6 Å². The lowest BCUT2D eigenvalue weighted by atomic mass is 10.2. The van der Waals surface area contributed by atoms with Crippen LogP contribution in [-0.2, 0) is 19.4 Å². The zero-order valence-corrected chi connectivity index (χ0v) is 17.9. The number of anilines is 2. The van der Waals surface area contributed by atoms with E-state index < -0.39 is 21.0 Å². The third-order valence-corrected chi connectivity index (χ3v) is 7.90. The highest BCUT2D eigenvalue weighted by molar-refractivity contribution is 8.01. The van der Waals surface area contributed by atoms with Crippen molar-refractivity contribution in [3.8, 4) is 5.75 Å². The lowest BCUT2D eigenvalue weighted by Crippen LogP contribution is -2.27. The molecule has 7 nitrogen and oxygen atoms in total. The molecule has 1 aliphatic rings. The topological polar surface area (TPSA) is 102 Å². The van der Waals surface area contributed by atoms with Gasteiger partial charge in [0.05, 0.1) is 28.2 Å². The highest BCUT2D eigenvalue weighted by Gasteiger charge is 2.29. The van der Waals surface area contributed by atoms with Gasteiger partial charge in [0.2, 0.25) is 11.8 Å². The van der Waals surface area contributed by atoms with Crippen LogP contribution in [0.5, 0.6) is 5.75 Å². The van der Waals surface area contributed by atoms with E-state index >= 15 is 0 Å². The Labute approximate surface area is 174 Å². The Hall–Kier alpha value is -2.52. The zero-order valence-electron chi connectivity index (χ0n) is 16.3. The quantitative estimate of drug-likeness (QED) is 0.723. The van der Waals surface area contributed by atoms with E-state index in [0.29, 0.717) is 17.1 Å². The number of nitrogens with one attached hydrogen (secondary N) is 2. The number of fused-ring (bicyclic) bond motifs is 1. The second kappa shape index (κ2) is 8.46. The summed E-state index contributed by atoms with van der Waals surface area (Å²) in [6.07, 6.45) is -0.191. The molecular weight excluding hydrogens is 412 g/mol. The summed E-state index contributed by atoms with van der Waals surface area (Å²) in [5.74, 6) is 0.0943. The summed E-state index contributed by atoms with van der Waals surface area (Å²) in [5, 5.41) is 4.26. The molecule has 154 valence electrons. The number of hydrogen-bond donors (Lipinski definition) is 2. The van der Waals surface area contributed by atoms with Crippen molar-refractivity contribution in [1.29, 1.82) is 0 Å². The van der Waals surface area contributed by atoms with Crippen LogP contribution in [0.1, 0.15) is 20.3 Å². The van der Waals surface area contributed by atoms with Gasteiger partial charge in [0.25, 0.3) is 0 Å². The summed E-state index contributed by atoms with van der Waals surface area (Å²) >= 11 is 1.38. The Bertz CT molecular complexity index is 1040. The minimum Gasteiger partial charge on any atom is -0.497 e. The number of amides is 2. The van der Waals surface area contributed by atoms with Crippen LogP contribution in [0.3, 0.4) is 0 Å². The molecule has 0 saturated heterocycles. The molecule has 2 aromatic carbocycles. The molecule has 0 spiro atoms. The van der Waals surface area contributed by atoms with Crippen LogP contribution in [0.15, 0.2) is 52.3 Å². The van der Waals surface area contributed by atoms with Gasteiger partial charge in [0, 0.05) is 17.0 Å². The summed E-state index contributed by atoms with van der Waals surface area (Å²) in [4.78, 5) is 25.1. The monoisotopic (exact) mass is 434 g/mol. The first-order valence-electron chi connectivity index (χ1n) is 9.00. The summed E-state index contributed by atoms with van der Waals surface area (Å²) in [7, 11) is -2.20. The van der Waals surface area contributed by atoms with Crippen LogP contribution >= 0.6 is 11.8 Å². The van der Waals surface area contributed by atoms with Gasteiger partial charge < -0.3 is 15.4 Å². The zero-order chi connectivity index (χ0) is 21.2. The third-order valence-electron chi connectivity index (χ3n) is 4.59. The van der Waals surface area contributed by atoms with Crippen LogP contribution in [0.4, 0.5) is 11.4 Å². The van der Waals surface area contributed by atoms with Crippen molar-refractivity contribution in [1.82, 2.24) is 0 Å². The van der Waals surface area contributed by atoms with Gasteiger partial charge in [0.1, 0.15) is 5.75 Å². The lowest BCUT2D eigenvalue weighted by Gasteiger charge is -2.22. The van der Waals surface area contributed by atoms with Crippen LogP contribution < -0.4 is 15.4 Å². The fourth-order valence-electron chi connectivity index (χ4n) is 2.85. The highest BCUT2D eigenvalue weighted by atomic mass is 32.2. The molecule has 0 aliphatic carbocycles. The molecule has 1 heterocycles. The number of ether oxygens (including phenoxy) is 1. The van der Waals surface area contributed by atoms with Crippen LogP contribution in [-0.4, -0.2) is 37.8 Å². The molecule has 3 rings (SSSR count). The van der Waals surface area contributed by atoms with E-state index in [4.69, 9.17) is 4.74 Å². The van der Waals surface area contributed by atoms with Gasteiger partial charge in [-0.2, -0.15) is 0 Å². The van der Waals surface area contributed by atoms with Crippen molar-refractivity contribution in [2.24, 2.45) is 0 Å². The first kappa shape index (κ1) is 21.2.